The third-order valence-electron chi connectivity index (χ3n) is 2.45. The normalized spacial score (nSPS) is 11.1. The second-order valence-corrected chi connectivity index (χ2v) is 5.55. The van der Waals surface area contributed by atoms with Crippen LogP contribution in [-0.4, -0.2) is 39.0 Å². The van der Waals surface area contributed by atoms with Gasteiger partial charge in [0.05, 0.1) is 17.0 Å². The van der Waals surface area contributed by atoms with Crippen molar-refractivity contribution in [1.82, 2.24) is 10.0 Å². The maximum Gasteiger partial charge on any atom is 0.335 e. The first kappa shape index (κ1) is 15.1. The average Bonchev–Trinajstić information content (AvgIpc) is 2.35. The Balaban J connectivity index is 3.05. The Morgan fingerprint density at radius 2 is 1.95 bits per heavy atom. The van der Waals surface area contributed by atoms with Crippen LogP contribution in [0.15, 0.2) is 23.1 Å². The van der Waals surface area contributed by atoms with Crippen molar-refractivity contribution in [3.8, 4) is 0 Å². The van der Waals surface area contributed by atoms with Crippen molar-refractivity contribution < 1.29 is 23.1 Å². The smallest absolute Gasteiger partial charge is 0.335 e. The highest BCUT2D eigenvalue weighted by molar-refractivity contribution is 7.89. The van der Waals surface area contributed by atoms with Crippen molar-refractivity contribution >= 4 is 21.9 Å². The molecule has 0 spiro atoms. The Morgan fingerprint density at radius 3 is 2.47 bits per heavy atom. The molecule has 0 unspecified atom stereocenters. The highest BCUT2D eigenvalue weighted by Crippen LogP contribution is 2.15. The fourth-order valence-corrected chi connectivity index (χ4v) is 2.34. The second kappa shape index (κ2) is 5.81. The van der Waals surface area contributed by atoms with Crippen LogP contribution in [0.1, 0.15) is 15.9 Å². The highest BCUT2D eigenvalue weighted by Gasteiger charge is 2.18. The Bertz CT molecular complexity index is 610. The van der Waals surface area contributed by atoms with Crippen molar-refractivity contribution in [1.29, 1.82) is 0 Å². The number of hydrogen-bond acceptors (Lipinski definition) is 4. The molecule has 0 bridgehead atoms. The van der Waals surface area contributed by atoms with Gasteiger partial charge in [-0.25, -0.2) is 17.9 Å². The maximum absolute atomic E-state index is 11.9. The first-order chi connectivity index (χ1) is 8.77. The molecular formula is C11H14N2O5S. The van der Waals surface area contributed by atoms with Gasteiger partial charge in [0.1, 0.15) is 0 Å². The topological polar surface area (TPSA) is 113 Å². The van der Waals surface area contributed by atoms with Crippen LogP contribution in [0.5, 0.6) is 0 Å². The lowest BCUT2D eigenvalue weighted by Gasteiger charge is -2.08. The van der Waals surface area contributed by atoms with Gasteiger partial charge in [0, 0.05) is 7.05 Å². The van der Waals surface area contributed by atoms with Gasteiger partial charge in [-0.2, -0.15) is 0 Å². The number of hydrogen-bond donors (Lipinski definition) is 3. The average molecular weight is 286 g/mol. The number of carboxylic acids is 1. The molecule has 3 N–H and O–H groups in total. The van der Waals surface area contributed by atoms with Crippen molar-refractivity contribution in [3.05, 3.63) is 29.3 Å². The molecule has 0 aliphatic heterocycles. The van der Waals surface area contributed by atoms with E-state index in [0.29, 0.717) is 5.56 Å². The van der Waals surface area contributed by atoms with Crippen LogP contribution in [-0.2, 0) is 14.8 Å². The number of rotatable bonds is 5. The number of carbonyl (C=O) groups is 2. The fraction of sp³-hybridized carbons (Fsp3) is 0.273. The Kier molecular flexibility index (Phi) is 4.62. The van der Waals surface area contributed by atoms with Crippen LogP contribution in [0.4, 0.5) is 0 Å². The lowest BCUT2D eigenvalue weighted by Crippen LogP contribution is -2.35. The van der Waals surface area contributed by atoms with E-state index < -0.39 is 28.4 Å². The maximum atomic E-state index is 11.9. The summed E-state index contributed by atoms with van der Waals surface area (Å²) in [6.07, 6.45) is 0. The zero-order valence-electron chi connectivity index (χ0n) is 10.4. The first-order valence-corrected chi connectivity index (χ1v) is 6.80. The minimum absolute atomic E-state index is 0.0946. The molecule has 0 aliphatic carbocycles. The summed E-state index contributed by atoms with van der Waals surface area (Å²) in [6, 6.07) is 3.75. The van der Waals surface area contributed by atoms with Crippen molar-refractivity contribution in [2.24, 2.45) is 0 Å². The number of aryl methyl sites for hydroxylation is 1. The minimum Gasteiger partial charge on any atom is -0.478 e. The van der Waals surface area contributed by atoms with Gasteiger partial charge in [-0.15, -0.1) is 0 Å². The summed E-state index contributed by atoms with van der Waals surface area (Å²) in [5, 5.41) is 11.2. The summed E-state index contributed by atoms with van der Waals surface area (Å²) in [6.45, 7) is 1.16. The predicted octanol–water partition coefficient (Wildman–Crippen LogP) is -0.282. The minimum atomic E-state index is -3.91. The van der Waals surface area contributed by atoms with Gasteiger partial charge < -0.3 is 10.4 Å². The molecule has 0 saturated heterocycles. The SMILES string of the molecule is CNC(=O)CNS(=O)(=O)c1ccc(C)c(C(=O)O)c1. The van der Waals surface area contributed by atoms with E-state index in [4.69, 9.17) is 5.11 Å². The molecule has 1 aromatic carbocycles. The number of aromatic carboxylic acids is 1. The summed E-state index contributed by atoms with van der Waals surface area (Å²) in [4.78, 5) is 21.7. The molecule has 0 atom stereocenters. The van der Waals surface area contributed by atoms with E-state index in [1.807, 2.05) is 0 Å². The van der Waals surface area contributed by atoms with Crippen LogP contribution in [0.2, 0.25) is 0 Å². The van der Waals surface area contributed by atoms with Crippen molar-refractivity contribution in [2.75, 3.05) is 13.6 Å². The van der Waals surface area contributed by atoms with Crippen molar-refractivity contribution in [3.63, 3.8) is 0 Å². The standard InChI is InChI=1S/C11H14N2O5S/c1-7-3-4-8(5-9(7)11(15)16)19(17,18)13-6-10(14)12-2/h3-5,13H,6H2,1-2H3,(H,12,14)(H,15,16). The number of carbonyl (C=O) groups excluding carboxylic acids is 1. The molecule has 1 rings (SSSR count). The van der Waals surface area contributed by atoms with Gasteiger partial charge in [0.2, 0.25) is 15.9 Å². The Hall–Kier alpha value is -1.93. The van der Waals surface area contributed by atoms with Gasteiger partial charge >= 0.3 is 5.97 Å². The van der Waals surface area contributed by atoms with Gasteiger partial charge in [0.15, 0.2) is 0 Å². The Morgan fingerprint density at radius 1 is 1.32 bits per heavy atom. The van der Waals surface area contributed by atoms with Crippen LogP contribution >= 0.6 is 0 Å². The third-order valence-corrected chi connectivity index (χ3v) is 3.85. The fourth-order valence-electron chi connectivity index (χ4n) is 1.33. The van der Waals surface area contributed by atoms with E-state index in [1.54, 1.807) is 6.92 Å². The molecule has 0 saturated carbocycles. The van der Waals surface area contributed by atoms with Gasteiger partial charge in [-0.3, -0.25) is 4.79 Å². The largest absolute Gasteiger partial charge is 0.478 e. The zero-order valence-corrected chi connectivity index (χ0v) is 11.2. The number of carboxylic acid groups (broad SMARTS) is 1. The Labute approximate surface area is 110 Å². The van der Waals surface area contributed by atoms with E-state index in [1.165, 1.54) is 19.2 Å². The number of likely N-dealkylation sites (N-methyl/N-ethyl adjacent to an activating group) is 1. The van der Waals surface area contributed by atoms with Gasteiger partial charge in [-0.1, -0.05) is 6.07 Å². The molecule has 0 aromatic heterocycles. The third kappa shape index (κ3) is 3.76. The molecule has 7 nitrogen and oxygen atoms in total. The molecule has 0 fully saturated rings. The molecule has 1 aromatic rings. The molecule has 0 heterocycles. The monoisotopic (exact) mass is 286 g/mol. The van der Waals surface area contributed by atoms with Crippen LogP contribution in [0, 0.1) is 6.92 Å². The van der Waals surface area contributed by atoms with Crippen molar-refractivity contribution in [2.45, 2.75) is 11.8 Å². The molecule has 8 heteroatoms. The van der Waals surface area contributed by atoms with E-state index in [0.717, 1.165) is 6.07 Å². The molecule has 104 valence electrons. The van der Waals surface area contributed by atoms with Crippen LogP contribution in [0.25, 0.3) is 0 Å². The first-order valence-electron chi connectivity index (χ1n) is 5.32. The molecule has 1 amide bonds. The van der Waals surface area contributed by atoms with Crippen LogP contribution < -0.4 is 10.0 Å². The lowest BCUT2D eigenvalue weighted by atomic mass is 10.1. The summed E-state index contributed by atoms with van der Waals surface area (Å²) in [7, 11) is -2.53. The predicted molar refractivity (Wildman–Crippen MR) is 67.4 cm³/mol. The number of amides is 1. The number of sulfonamides is 1. The molecule has 0 aliphatic rings. The molecular weight excluding hydrogens is 272 g/mol. The van der Waals surface area contributed by atoms with Crippen LogP contribution in [0.3, 0.4) is 0 Å². The van der Waals surface area contributed by atoms with Gasteiger partial charge in [-0.05, 0) is 24.6 Å². The van der Waals surface area contributed by atoms with E-state index in [-0.39, 0.29) is 10.5 Å². The quantitative estimate of drug-likeness (QED) is 0.689. The second-order valence-electron chi connectivity index (χ2n) is 3.78. The molecule has 19 heavy (non-hydrogen) atoms. The van der Waals surface area contributed by atoms with E-state index in [9.17, 15) is 18.0 Å². The highest BCUT2D eigenvalue weighted by atomic mass is 32.2. The van der Waals surface area contributed by atoms with E-state index in [2.05, 4.69) is 10.0 Å². The molecule has 0 radical (unpaired) electrons. The lowest BCUT2D eigenvalue weighted by molar-refractivity contribution is -0.119. The summed E-state index contributed by atoms with van der Waals surface area (Å²) in [5.41, 5.74) is 0.362. The van der Waals surface area contributed by atoms with Gasteiger partial charge in [0.25, 0.3) is 0 Å². The summed E-state index contributed by atoms with van der Waals surface area (Å²) >= 11 is 0. The summed E-state index contributed by atoms with van der Waals surface area (Å²) in [5.74, 6) is -1.70. The summed E-state index contributed by atoms with van der Waals surface area (Å²) < 4.78 is 25.8. The number of benzene rings is 1. The zero-order chi connectivity index (χ0) is 14.6. The number of nitrogens with one attached hydrogen (secondary N) is 2. The van der Waals surface area contributed by atoms with E-state index >= 15 is 0 Å².